The van der Waals surface area contributed by atoms with Crippen molar-refractivity contribution in [1.29, 1.82) is 0 Å². The van der Waals surface area contributed by atoms with E-state index in [9.17, 15) is 8.78 Å². The van der Waals surface area contributed by atoms with Gasteiger partial charge in [0, 0.05) is 12.8 Å². The summed E-state index contributed by atoms with van der Waals surface area (Å²) in [5, 5.41) is 0. The third-order valence-corrected chi connectivity index (χ3v) is 5.08. The lowest BCUT2D eigenvalue weighted by molar-refractivity contribution is -0.0581. The van der Waals surface area contributed by atoms with Gasteiger partial charge in [0.1, 0.15) is 0 Å². The third-order valence-electron chi connectivity index (χ3n) is 5.08. The van der Waals surface area contributed by atoms with Gasteiger partial charge in [0.25, 0.3) is 0 Å². The van der Waals surface area contributed by atoms with Gasteiger partial charge in [-0.15, -0.1) is 0 Å². The normalized spacial score (nSPS) is 40.7. The van der Waals surface area contributed by atoms with Crippen LogP contribution >= 0.6 is 0 Å². The topological polar surface area (TPSA) is 26.0 Å². The fourth-order valence-electron chi connectivity index (χ4n) is 4.07. The van der Waals surface area contributed by atoms with Crippen molar-refractivity contribution in [2.75, 3.05) is 6.54 Å². The monoisotopic (exact) mass is 259 g/mol. The predicted molar refractivity (Wildman–Crippen MR) is 70.6 cm³/mol. The van der Waals surface area contributed by atoms with Crippen LogP contribution < -0.4 is 5.73 Å². The fourth-order valence-corrected chi connectivity index (χ4v) is 4.07. The van der Waals surface area contributed by atoms with Gasteiger partial charge in [-0.05, 0) is 55.9 Å². The van der Waals surface area contributed by atoms with Crippen LogP contribution in [0.1, 0.15) is 58.3 Å². The highest BCUT2D eigenvalue weighted by Gasteiger charge is 2.38. The number of alkyl halides is 2. The lowest BCUT2D eigenvalue weighted by Gasteiger charge is -2.38. The van der Waals surface area contributed by atoms with E-state index in [0.717, 1.165) is 25.3 Å². The second-order valence-corrected chi connectivity index (χ2v) is 6.73. The molecule has 18 heavy (non-hydrogen) atoms. The summed E-state index contributed by atoms with van der Waals surface area (Å²) in [4.78, 5) is 0. The van der Waals surface area contributed by atoms with Crippen LogP contribution in [0.5, 0.6) is 0 Å². The Labute approximate surface area is 110 Å². The molecule has 0 saturated heterocycles. The Balaban J connectivity index is 1.90. The Morgan fingerprint density at radius 3 is 2.61 bits per heavy atom. The van der Waals surface area contributed by atoms with E-state index in [2.05, 4.69) is 6.92 Å². The van der Waals surface area contributed by atoms with Crippen molar-refractivity contribution < 1.29 is 8.78 Å². The highest BCUT2D eigenvalue weighted by Crippen LogP contribution is 2.43. The van der Waals surface area contributed by atoms with Gasteiger partial charge in [0.05, 0.1) is 0 Å². The molecule has 106 valence electrons. The van der Waals surface area contributed by atoms with E-state index in [1.807, 2.05) is 0 Å². The van der Waals surface area contributed by atoms with Gasteiger partial charge < -0.3 is 5.73 Å². The molecule has 1 nitrogen and oxygen atoms in total. The Morgan fingerprint density at radius 2 is 1.94 bits per heavy atom. The minimum Gasteiger partial charge on any atom is -0.330 e. The summed E-state index contributed by atoms with van der Waals surface area (Å²) >= 11 is 0. The summed E-state index contributed by atoms with van der Waals surface area (Å²) in [6.45, 7) is 3.02. The molecule has 2 fully saturated rings. The lowest BCUT2D eigenvalue weighted by atomic mass is 9.69. The summed E-state index contributed by atoms with van der Waals surface area (Å²) in [6.07, 6.45) is 6.57. The van der Waals surface area contributed by atoms with Crippen molar-refractivity contribution in [1.82, 2.24) is 0 Å². The van der Waals surface area contributed by atoms with Gasteiger partial charge in [0.2, 0.25) is 5.92 Å². The molecule has 4 unspecified atom stereocenters. The summed E-state index contributed by atoms with van der Waals surface area (Å²) in [5.74, 6) is -0.240. The van der Waals surface area contributed by atoms with Crippen LogP contribution in [0.15, 0.2) is 0 Å². The second-order valence-electron chi connectivity index (χ2n) is 6.73. The van der Waals surface area contributed by atoms with Crippen LogP contribution in [0.25, 0.3) is 0 Å². The average molecular weight is 259 g/mol. The highest BCUT2D eigenvalue weighted by atomic mass is 19.3. The summed E-state index contributed by atoms with van der Waals surface area (Å²) < 4.78 is 26.9. The zero-order valence-corrected chi connectivity index (χ0v) is 11.5. The first-order valence-corrected chi connectivity index (χ1v) is 7.58. The number of hydrogen-bond acceptors (Lipinski definition) is 1. The van der Waals surface area contributed by atoms with Crippen LogP contribution in [0, 0.1) is 23.7 Å². The van der Waals surface area contributed by atoms with Crippen LogP contribution in [0.4, 0.5) is 8.78 Å². The number of halogens is 2. The molecule has 2 aliphatic carbocycles. The molecule has 0 amide bonds. The van der Waals surface area contributed by atoms with Gasteiger partial charge in [-0.2, -0.15) is 0 Å². The van der Waals surface area contributed by atoms with Crippen LogP contribution in [-0.2, 0) is 0 Å². The van der Waals surface area contributed by atoms with E-state index in [4.69, 9.17) is 5.73 Å². The van der Waals surface area contributed by atoms with Gasteiger partial charge in [-0.25, -0.2) is 8.78 Å². The zero-order chi connectivity index (χ0) is 13.2. The molecule has 0 bridgehead atoms. The van der Waals surface area contributed by atoms with E-state index in [-0.39, 0.29) is 18.8 Å². The van der Waals surface area contributed by atoms with E-state index >= 15 is 0 Å². The molecule has 0 spiro atoms. The highest BCUT2D eigenvalue weighted by molar-refractivity contribution is 4.85. The summed E-state index contributed by atoms with van der Waals surface area (Å²) in [6, 6.07) is 0. The Kier molecular flexibility index (Phi) is 4.63. The van der Waals surface area contributed by atoms with Gasteiger partial charge in [-0.3, -0.25) is 0 Å². The predicted octanol–water partition coefficient (Wildman–Crippen LogP) is 4.21. The maximum atomic E-state index is 13.4. The molecular formula is C15H27F2N. The minimum absolute atomic E-state index is 0.102. The second kappa shape index (κ2) is 5.85. The van der Waals surface area contributed by atoms with Crippen molar-refractivity contribution in [2.24, 2.45) is 29.4 Å². The van der Waals surface area contributed by atoms with Crippen LogP contribution in [0.3, 0.4) is 0 Å². The number of hydrogen-bond donors (Lipinski definition) is 1. The summed E-state index contributed by atoms with van der Waals surface area (Å²) in [7, 11) is 0. The van der Waals surface area contributed by atoms with Crippen LogP contribution in [0.2, 0.25) is 0 Å². The van der Waals surface area contributed by atoms with Crippen molar-refractivity contribution in [3.63, 3.8) is 0 Å². The molecule has 0 aliphatic heterocycles. The number of nitrogens with two attached hydrogens (primary N) is 1. The first-order valence-electron chi connectivity index (χ1n) is 7.58. The summed E-state index contributed by atoms with van der Waals surface area (Å²) in [5.41, 5.74) is 5.85. The van der Waals surface area contributed by atoms with Crippen molar-refractivity contribution in [3.05, 3.63) is 0 Å². The third kappa shape index (κ3) is 3.66. The molecule has 2 rings (SSSR count). The molecule has 3 heteroatoms. The molecule has 0 aromatic heterocycles. The molecule has 0 heterocycles. The van der Waals surface area contributed by atoms with Gasteiger partial charge in [0.15, 0.2) is 0 Å². The molecule has 0 radical (unpaired) electrons. The SMILES string of the molecule is CC1CCC(CN)C(CC2CCCC(F)(F)C2)C1. The Morgan fingerprint density at radius 1 is 1.17 bits per heavy atom. The average Bonchev–Trinajstić information content (AvgIpc) is 2.28. The Bertz CT molecular complexity index is 267. The largest absolute Gasteiger partial charge is 0.330 e. The lowest BCUT2D eigenvalue weighted by Crippen LogP contribution is -2.33. The van der Waals surface area contributed by atoms with E-state index < -0.39 is 5.92 Å². The molecule has 0 aromatic carbocycles. The molecule has 4 atom stereocenters. The maximum Gasteiger partial charge on any atom is 0.248 e. The van der Waals surface area contributed by atoms with Crippen molar-refractivity contribution >= 4 is 0 Å². The molecular weight excluding hydrogens is 232 g/mol. The zero-order valence-electron chi connectivity index (χ0n) is 11.5. The van der Waals surface area contributed by atoms with Crippen molar-refractivity contribution in [3.8, 4) is 0 Å². The van der Waals surface area contributed by atoms with Gasteiger partial charge in [-0.1, -0.05) is 19.8 Å². The first-order chi connectivity index (χ1) is 8.50. The maximum absolute atomic E-state index is 13.4. The molecule has 2 saturated carbocycles. The smallest absolute Gasteiger partial charge is 0.248 e. The van der Waals surface area contributed by atoms with E-state index in [1.54, 1.807) is 0 Å². The quantitative estimate of drug-likeness (QED) is 0.807. The minimum atomic E-state index is -2.40. The molecule has 2 aliphatic rings. The first kappa shape index (κ1) is 14.2. The Hall–Kier alpha value is -0.180. The van der Waals surface area contributed by atoms with E-state index in [0.29, 0.717) is 18.3 Å². The van der Waals surface area contributed by atoms with E-state index in [1.165, 1.54) is 19.3 Å². The fraction of sp³-hybridized carbons (Fsp3) is 1.00. The number of rotatable bonds is 3. The van der Waals surface area contributed by atoms with Crippen LogP contribution in [-0.4, -0.2) is 12.5 Å². The molecule has 0 aromatic rings. The standard InChI is InChI=1S/C15H27F2N/c1-11-4-5-13(10-18)14(7-11)8-12-3-2-6-15(16,17)9-12/h11-14H,2-10,18H2,1H3. The molecule has 2 N–H and O–H groups in total. The van der Waals surface area contributed by atoms with Gasteiger partial charge >= 0.3 is 0 Å². The van der Waals surface area contributed by atoms with Crippen molar-refractivity contribution in [2.45, 2.75) is 64.2 Å².